The molecule has 0 aliphatic heterocycles. The predicted molar refractivity (Wildman–Crippen MR) is 80.5 cm³/mol. The number of hydrogen-bond donors (Lipinski definition) is 3. The highest BCUT2D eigenvalue weighted by Gasteiger charge is 2.08. The fraction of sp³-hybridized carbons (Fsp3) is 0.312. The number of fused-ring (bicyclic) bond motifs is 1. The van der Waals surface area contributed by atoms with Crippen LogP contribution in [-0.2, 0) is 4.79 Å². The molecule has 2 aromatic carbocycles. The summed E-state index contributed by atoms with van der Waals surface area (Å²) >= 11 is 0. The van der Waals surface area contributed by atoms with Crippen molar-refractivity contribution in [2.45, 2.75) is 12.5 Å². The lowest BCUT2D eigenvalue weighted by atomic mass is 10.0. The normalized spacial score (nSPS) is 12.3. The van der Waals surface area contributed by atoms with E-state index < -0.39 is 6.10 Å². The van der Waals surface area contributed by atoms with Crippen LogP contribution in [0, 0.1) is 0 Å². The average molecular weight is 272 g/mol. The maximum absolute atomic E-state index is 11.1. The molecule has 106 valence electrons. The fourth-order valence-corrected chi connectivity index (χ4v) is 2.10. The van der Waals surface area contributed by atoms with Crippen molar-refractivity contribution in [1.29, 1.82) is 0 Å². The highest BCUT2D eigenvalue weighted by Crippen LogP contribution is 2.19. The molecule has 0 heterocycles. The quantitative estimate of drug-likeness (QED) is 0.700. The number of rotatable bonds is 6. The van der Waals surface area contributed by atoms with E-state index in [2.05, 4.69) is 10.6 Å². The molecule has 0 aliphatic carbocycles. The lowest BCUT2D eigenvalue weighted by Gasteiger charge is -2.13. The van der Waals surface area contributed by atoms with E-state index in [-0.39, 0.29) is 5.91 Å². The molecule has 0 saturated carbocycles. The number of nitrogens with one attached hydrogen (secondary N) is 2. The van der Waals surface area contributed by atoms with Gasteiger partial charge in [0.2, 0.25) is 5.91 Å². The zero-order chi connectivity index (χ0) is 14.4. The van der Waals surface area contributed by atoms with Crippen molar-refractivity contribution in [1.82, 2.24) is 10.6 Å². The molecular weight excluding hydrogens is 252 g/mol. The number of aliphatic hydroxyl groups is 1. The lowest BCUT2D eigenvalue weighted by molar-refractivity contribution is -0.120. The van der Waals surface area contributed by atoms with E-state index in [1.54, 1.807) is 7.05 Å². The molecule has 1 unspecified atom stereocenters. The molecule has 2 rings (SSSR count). The number of hydrogen-bond acceptors (Lipinski definition) is 3. The van der Waals surface area contributed by atoms with Crippen LogP contribution in [0.25, 0.3) is 10.8 Å². The molecule has 4 nitrogen and oxygen atoms in total. The van der Waals surface area contributed by atoms with E-state index in [0.717, 1.165) is 16.3 Å². The summed E-state index contributed by atoms with van der Waals surface area (Å²) in [6.45, 7) is 1.000. The van der Waals surface area contributed by atoms with Crippen LogP contribution in [0.1, 0.15) is 18.1 Å². The van der Waals surface area contributed by atoms with Gasteiger partial charge in [0.15, 0.2) is 0 Å². The van der Waals surface area contributed by atoms with Gasteiger partial charge in [-0.2, -0.15) is 0 Å². The van der Waals surface area contributed by atoms with E-state index in [4.69, 9.17) is 0 Å². The molecule has 0 saturated heterocycles. The SMILES string of the molecule is CNC(=O)CCNCC(O)c1ccc2ccccc2c1. The number of carbonyl (C=O) groups excluding carboxylic acids is 1. The Morgan fingerprint density at radius 2 is 1.95 bits per heavy atom. The van der Waals surface area contributed by atoms with Gasteiger partial charge in [-0.3, -0.25) is 4.79 Å². The van der Waals surface area contributed by atoms with Gasteiger partial charge in [0.1, 0.15) is 0 Å². The number of carbonyl (C=O) groups is 1. The van der Waals surface area contributed by atoms with Crippen LogP contribution < -0.4 is 10.6 Å². The summed E-state index contributed by atoms with van der Waals surface area (Å²) in [6, 6.07) is 14.0. The monoisotopic (exact) mass is 272 g/mol. The number of benzene rings is 2. The summed E-state index contributed by atoms with van der Waals surface area (Å²) in [7, 11) is 1.62. The molecule has 20 heavy (non-hydrogen) atoms. The third kappa shape index (κ3) is 3.79. The van der Waals surface area contributed by atoms with Gasteiger partial charge in [0.05, 0.1) is 6.10 Å². The summed E-state index contributed by atoms with van der Waals surface area (Å²) in [5.74, 6) is -0.00213. The van der Waals surface area contributed by atoms with Crippen molar-refractivity contribution >= 4 is 16.7 Å². The van der Waals surface area contributed by atoms with Crippen molar-refractivity contribution in [3.05, 3.63) is 48.0 Å². The summed E-state index contributed by atoms with van der Waals surface area (Å²) in [5.41, 5.74) is 0.885. The van der Waals surface area contributed by atoms with E-state index in [0.29, 0.717) is 19.5 Å². The Balaban J connectivity index is 1.90. The maximum Gasteiger partial charge on any atom is 0.221 e. The molecule has 0 aromatic heterocycles. The summed E-state index contributed by atoms with van der Waals surface area (Å²) in [4.78, 5) is 11.1. The van der Waals surface area contributed by atoms with Crippen LogP contribution >= 0.6 is 0 Å². The van der Waals surface area contributed by atoms with E-state index in [1.165, 1.54) is 0 Å². The molecule has 0 spiro atoms. The second-order valence-electron chi connectivity index (χ2n) is 4.75. The Hall–Kier alpha value is -1.91. The Kier molecular flexibility index (Phi) is 5.09. The van der Waals surface area contributed by atoms with Crippen LogP contribution in [-0.4, -0.2) is 31.2 Å². The van der Waals surface area contributed by atoms with Crippen LogP contribution in [0.2, 0.25) is 0 Å². The third-order valence-electron chi connectivity index (χ3n) is 3.30. The minimum atomic E-state index is -0.565. The second kappa shape index (κ2) is 7.03. The maximum atomic E-state index is 11.1. The lowest BCUT2D eigenvalue weighted by Crippen LogP contribution is -2.27. The van der Waals surface area contributed by atoms with Crippen molar-refractivity contribution in [2.75, 3.05) is 20.1 Å². The van der Waals surface area contributed by atoms with Gasteiger partial charge >= 0.3 is 0 Å². The predicted octanol–water partition coefficient (Wildman–Crippen LogP) is 1.60. The van der Waals surface area contributed by atoms with Gasteiger partial charge < -0.3 is 15.7 Å². The molecule has 2 aromatic rings. The van der Waals surface area contributed by atoms with Gasteiger partial charge in [-0.1, -0.05) is 36.4 Å². The molecule has 4 heteroatoms. The first-order chi connectivity index (χ1) is 9.70. The Labute approximate surface area is 118 Å². The van der Waals surface area contributed by atoms with Crippen LogP contribution in [0.4, 0.5) is 0 Å². The first-order valence-electron chi connectivity index (χ1n) is 6.79. The van der Waals surface area contributed by atoms with Crippen molar-refractivity contribution in [3.63, 3.8) is 0 Å². The van der Waals surface area contributed by atoms with Crippen LogP contribution in [0.3, 0.4) is 0 Å². The van der Waals surface area contributed by atoms with E-state index in [9.17, 15) is 9.90 Å². The largest absolute Gasteiger partial charge is 0.387 e. The highest BCUT2D eigenvalue weighted by molar-refractivity contribution is 5.83. The van der Waals surface area contributed by atoms with Gasteiger partial charge in [0, 0.05) is 26.6 Å². The van der Waals surface area contributed by atoms with Gasteiger partial charge in [0.25, 0.3) is 0 Å². The van der Waals surface area contributed by atoms with Gasteiger partial charge in [-0.25, -0.2) is 0 Å². The molecule has 0 aliphatic rings. The smallest absolute Gasteiger partial charge is 0.221 e. The minimum absolute atomic E-state index is 0.00213. The van der Waals surface area contributed by atoms with E-state index >= 15 is 0 Å². The topological polar surface area (TPSA) is 61.4 Å². The Morgan fingerprint density at radius 3 is 2.70 bits per heavy atom. The first-order valence-corrected chi connectivity index (χ1v) is 6.79. The molecule has 0 fully saturated rings. The van der Waals surface area contributed by atoms with Crippen LogP contribution in [0.5, 0.6) is 0 Å². The molecule has 1 atom stereocenters. The van der Waals surface area contributed by atoms with Crippen molar-refractivity contribution < 1.29 is 9.90 Å². The zero-order valence-electron chi connectivity index (χ0n) is 11.6. The fourth-order valence-electron chi connectivity index (χ4n) is 2.10. The van der Waals surface area contributed by atoms with Crippen LogP contribution in [0.15, 0.2) is 42.5 Å². The first kappa shape index (κ1) is 14.5. The Bertz CT molecular complexity index is 583. The van der Waals surface area contributed by atoms with Crippen molar-refractivity contribution in [3.8, 4) is 0 Å². The van der Waals surface area contributed by atoms with Gasteiger partial charge in [-0.05, 0) is 22.4 Å². The van der Waals surface area contributed by atoms with Gasteiger partial charge in [-0.15, -0.1) is 0 Å². The number of aliphatic hydroxyl groups excluding tert-OH is 1. The average Bonchev–Trinajstić information content (AvgIpc) is 2.50. The second-order valence-corrected chi connectivity index (χ2v) is 4.75. The Morgan fingerprint density at radius 1 is 1.20 bits per heavy atom. The number of amides is 1. The standard InChI is InChI=1S/C16H20N2O2/c1-17-16(20)8-9-18-11-15(19)14-7-6-12-4-2-3-5-13(12)10-14/h2-7,10,15,18-19H,8-9,11H2,1H3,(H,17,20). The minimum Gasteiger partial charge on any atom is -0.387 e. The zero-order valence-corrected chi connectivity index (χ0v) is 11.6. The van der Waals surface area contributed by atoms with Crippen molar-refractivity contribution in [2.24, 2.45) is 0 Å². The molecular formula is C16H20N2O2. The third-order valence-corrected chi connectivity index (χ3v) is 3.30. The van der Waals surface area contributed by atoms with E-state index in [1.807, 2.05) is 42.5 Å². The summed E-state index contributed by atoms with van der Waals surface area (Å²) in [5, 5.41) is 18.1. The highest BCUT2D eigenvalue weighted by atomic mass is 16.3. The molecule has 0 radical (unpaired) electrons. The summed E-state index contributed by atoms with van der Waals surface area (Å²) in [6.07, 6.45) is -0.148. The molecule has 3 N–H and O–H groups in total. The molecule has 0 bridgehead atoms. The summed E-state index contributed by atoms with van der Waals surface area (Å²) < 4.78 is 0. The molecule has 1 amide bonds.